The maximum absolute atomic E-state index is 14.3. The molecule has 1 aliphatic carbocycles. The van der Waals surface area contributed by atoms with Gasteiger partial charge in [-0.3, -0.25) is 4.79 Å². The molecule has 0 radical (unpaired) electrons. The molecule has 1 aliphatic rings. The minimum absolute atomic E-state index is 0.237. The van der Waals surface area contributed by atoms with E-state index in [4.69, 9.17) is 4.74 Å². The van der Waals surface area contributed by atoms with E-state index in [0.29, 0.717) is 23.7 Å². The monoisotopic (exact) mass is 294 g/mol. The van der Waals surface area contributed by atoms with Crippen LogP contribution in [-0.4, -0.2) is 18.2 Å². The number of hydrogen-bond donors (Lipinski definition) is 1. The van der Waals surface area contributed by atoms with Crippen molar-refractivity contribution in [1.82, 2.24) is 0 Å². The van der Waals surface area contributed by atoms with Crippen molar-refractivity contribution in [2.45, 2.75) is 44.9 Å². The Morgan fingerprint density at radius 1 is 1.43 bits per heavy atom. The van der Waals surface area contributed by atoms with Crippen LogP contribution in [0.5, 0.6) is 5.75 Å². The lowest BCUT2D eigenvalue weighted by atomic mass is 9.70. The zero-order valence-corrected chi connectivity index (χ0v) is 12.6. The van der Waals surface area contributed by atoms with Gasteiger partial charge >= 0.3 is 5.97 Å². The fraction of sp³-hybridized carbons (Fsp3) is 0.588. The average molecular weight is 294 g/mol. The quantitative estimate of drug-likeness (QED) is 0.884. The van der Waals surface area contributed by atoms with E-state index in [1.165, 1.54) is 13.2 Å². The first-order valence-electron chi connectivity index (χ1n) is 7.63. The van der Waals surface area contributed by atoms with Gasteiger partial charge in [-0.25, -0.2) is 4.39 Å². The second kappa shape index (κ2) is 6.92. The normalized spacial score (nSPS) is 25.6. The molecule has 1 fully saturated rings. The Morgan fingerprint density at radius 3 is 2.76 bits per heavy atom. The topological polar surface area (TPSA) is 46.5 Å². The highest BCUT2D eigenvalue weighted by Crippen LogP contribution is 2.43. The SMILES string of the molecule is CCCC1CCC(C(=O)O)C(c2ccc(OC)cc2F)C1. The minimum atomic E-state index is -0.815. The molecule has 0 aliphatic heterocycles. The predicted octanol–water partition coefficient (Wildman–Crippen LogP) is 4.22. The number of carbonyl (C=O) groups is 1. The average Bonchev–Trinajstić information content (AvgIpc) is 2.47. The molecule has 1 aromatic carbocycles. The molecule has 1 aromatic rings. The van der Waals surface area contributed by atoms with Crippen LogP contribution in [0.2, 0.25) is 0 Å². The summed E-state index contributed by atoms with van der Waals surface area (Å²) in [5, 5.41) is 9.43. The van der Waals surface area contributed by atoms with E-state index < -0.39 is 11.9 Å². The van der Waals surface area contributed by atoms with Crippen LogP contribution in [0.1, 0.15) is 50.5 Å². The van der Waals surface area contributed by atoms with E-state index >= 15 is 0 Å². The highest BCUT2D eigenvalue weighted by atomic mass is 19.1. The molecule has 116 valence electrons. The molecule has 21 heavy (non-hydrogen) atoms. The minimum Gasteiger partial charge on any atom is -0.497 e. The number of hydrogen-bond acceptors (Lipinski definition) is 2. The number of carboxylic acid groups (broad SMARTS) is 1. The van der Waals surface area contributed by atoms with Gasteiger partial charge in [-0.1, -0.05) is 25.8 Å². The summed E-state index contributed by atoms with van der Waals surface area (Å²) < 4.78 is 19.3. The fourth-order valence-electron chi connectivity index (χ4n) is 3.50. The van der Waals surface area contributed by atoms with Crippen LogP contribution >= 0.6 is 0 Å². The summed E-state index contributed by atoms with van der Waals surface area (Å²) in [5.41, 5.74) is 0.518. The number of aliphatic carboxylic acids is 1. The molecule has 3 unspecified atom stereocenters. The van der Waals surface area contributed by atoms with Gasteiger partial charge < -0.3 is 9.84 Å². The van der Waals surface area contributed by atoms with Gasteiger partial charge in [-0.15, -0.1) is 0 Å². The summed E-state index contributed by atoms with van der Waals surface area (Å²) in [6.07, 6.45) is 4.49. The molecule has 0 aromatic heterocycles. The van der Waals surface area contributed by atoms with Gasteiger partial charge in [-0.05, 0) is 36.8 Å². The highest BCUT2D eigenvalue weighted by Gasteiger charge is 2.36. The standard InChI is InChI=1S/C17H23FO3/c1-3-4-11-5-7-14(17(19)20)15(9-11)13-8-6-12(21-2)10-16(13)18/h6,8,10-11,14-15H,3-5,7,9H2,1-2H3,(H,19,20). The van der Waals surface area contributed by atoms with Crippen molar-refractivity contribution in [2.75, 3.05) is 7.11 Å². The van der Waals surface area contributed by atoms with Crippen molar-refractivity contribution >= 4 is 5.97 Å². The van der Waals surface area contributed by atoms with Crippen molar-refractivity contribution in [3.63, 3.8) is 0 Å². The lowest BCUT2D eigenvalue weighted by molar-refractivity contribution is -0.144. The lowest BCUT2D eigenvalue weighted by Gasteiger charge is -2.34. The molecule has 2 rings (SSSR count). The molecule has 0 saturated heterocycles. The third-order valence-electron chi connectivity index (χ3n) is 4.58. The summed E-state index contributed by atoms with van der Waals surface area (Å²) in [7, 11) is 1.49. The van der Waals surface area contributed by atoms with Gasteiger partial charge in [0.1, 0.15) is 11.6 Å². The first kappa shape index (κ1) is 15.8. The number of benzene rings is 1. The Labute approximate surface area is 125 Å². The van der Waals surface area contributed by atoms with Crippen molar-refractivity contribution in [1.29, 1.82) is 0 Å². The maximum Gasteiger partial charge on any atom is 0.307 e. The van der Waals surface area contributed by atoms with Gasteiger partial charge in [0.25, 0.3) is 0 Å². The predicted molar refractivity (Wildman–Crippen MR) is 79.1 cm³/mol. The van der Waals surface area contributed by atoms with Crippen LogP contribution in [0.3, 0.4) is 0 Å². The summed E-state index contributed by atoms with van der Waals surface area (Å²) in [4.78, 5) is 11.5. The summed E-state index contributed by atoms with van der Waals surface area (Å²) in [5.74, 6) is -0.936. The Bertz CT molecular complexity index is 501. The highest BCUT2D eigenvalue weighted by molar-refractivity contribution is 5.71. The van der Waals surface area contributed by atoms with E-state index in [1.807, 2.05) is 0 Å². The van der Waals surface area contributed by atoms with Gasteiger partial charge in [0, 0.05) is 12.0 Å². The summed E-state index contributed by atoms with van der Waals surface area (Å²) in [6, 6.07) is 4.74. The van der Waals surface area contributed by atoms with E-state index in [9.17, 15) is 14.3 Å². The Balaban J connectivity index is 2.28. The van der Waals surface area contributed by atoms with E-state index in [-0.39, 0.29) is 11.7 Å². The molecule has 1 N–H and O–H groups in total. The smallest absolute Gasteiger partial charge is 0.307 e. The molecule has 0 heterocycles. The van der Waals surface area contributed by atoms with Gasteiger partial charge in [0.05, 0.1) is 13.0 Å². The molecular formula is C17H23FO3. The summed E-state index contributed by atoms with van der Waals surface area (Å²) in [6.45, 7) is 2.13. The van der Waals surface area contributed by atoms with E-state index in [1.54, 1.807) is 12.1 Å². The Morgan fingerprint density at radius 2 is 2.19 bits per heavy atom. The Kier molecular flexibility index (Phi) is 5.21. The largest absolute Gasteiger partial charge is 0.497 e. The van der Waals surface area contributed by atoms with Crippen LogP contribution in [0.25, 0.3) is 0 Å². The van der Waals surface area contributed by atoms with Crippen LogP contribution in [0.15, 0.2) is 18.2 Å². The molecule has 0 bridgehead atoms. The molecule has 3 atom stereocenters. The Hall–Kier alpha value is -1.58. The second-order valence-electron chi connectivity index (χ2n) is 5.91. The first-order valence-corrected chi connectivity index (χ1v) is 7.63. The number of rotatable bonds is 5. The van der Waals surface area contributed by atoms with E-state index in [2.05, 4.69) is 6.92 Å². The van der Waals surface area contributed by atoms with Gasteiger partial charge in [-0.2, -0.15) is 0 Å². The molecule has 4 heteroatoms. The zero-order valence-electron chi connectivity index (χ0n) is 12.6. The molecular weight excluding hydrogens is 271 g/mol. The van der Waals surface area contributed by atoms with Crippen molar-refractivity contribution < 1.29 is 19.0 Å². The number of ether oxygens (including phenoxy) is 1. The molecule has 0 amide bonds. The lowest BCUT2D eigenvalue weighted by Crippen LogP contribution is -2.29. The maximum atomic E-state index is 14.3. The molecule has 1 saturated carbocycles. The number of carboxylic acids is 1. The van der Waals surface area contributed by atoms with Crippen LogP contribution in [0, 0.1) is 17.7 Å². The second-order valence-corrected chi connectivity index (χ2v) is 5.91. The molecule has 3 nitrogen and oxygen atoms in total. The zero-order chi connectivity index (χ0) is 15.4. The number of methoxy groups -OCH3 is 1. The van der Waals surface area contributed by atoms with Crippen molar-refractivity contribution in [3.8, 4) is 5.75 Å². The van der Waals surface area contributed by atoms with Gasteiger partial charge in [0.15, 0.2) is 0 Å². The first-order chi connectivity index (χ1) is 10.1. The van der Waals surface area contributed by atoms with Gasteiger partial charge in [0.2, 0.25) is 0 Å². The van der Waals surface area contributed by atoms with Crippen LogP contribution < -0.4 is 4.74 Å². The third kappa shape index (κ3) is 3.55. The fourth-order valence-corrected chi connectivity index (χ4v) is 3.50. The van der Waals surface area contributed by atoms with E-state index in [0.717, 1.165) is 25.7 Å². The van der Waals surface area contributed by atoms with Crippen LogP contribution in [0.4, 0.5) is 4.39 Å². The number of halogens is 1. The molecule has 0 spiro atoms. The van der Waals surface area contributed by atoms with Crippen LogP contribution in [-0.2, 0) is 4.79 Å². The third-order valence-corrected chi connectivity index (χ3v) is 4.58. The van der Waals surface area contributed by atoms with Crippen molar-refractivity contribution in [3.05, 3.63) is 29.6 Å². The van der Waals surface area contributed by atoms with Crippen molar-refractivity contribution in [2.24, 2.45) is 11.8 Å². The summed E-state index contributed by atoms with van der Waals surface area (Å²) >= 11 is 0.